The Kier molecular flexibility index (Phi) is 2.84. The van der Waals surface area contributed by atoms with Crippen LogP contribution in [0.5, 0.6) is 0 Å². The smallest absolute Gasteiger partial charge is 0.178 e. The number of fused-ring (bicyclic) bond motifs is 1. The Morgan fingerprint density at radius 2 is 2.00 bits per heavy atom. The highest BCUT2D eigenvalue weighted by atomic mass is 15.0. The predicted octanol–water partition coefficient (Wildman–Crippen LogP) is 3.55. The van der Waals surface area contributed by atoms with Gasteiger partial charge in [0, 0.05) is 11.3 Å². The first-order valence-electron chi connectivity index (χ1n) is 5.64. The number of aryl methyl sites for hydroxylation is 2. The fourth-order valence-corrected chi connectivity index (χ4v) is 1.97. The molecule has 1 N–H and O–H groups in total. The lowest BCUT2D eigenvalue weighted by Gasteiger charge is -2.07. The summed E-state index contributed by atoms with van der Waals surface area (Å²) in [6, 6.07) is 2.05. The highest BCUT2D eigenvalue weighted by Crippen LogP contribution is 2.26. The summed E-state index contributed by atoms with van der Waals surface area (Å²) in [6.45, 7) is 14.0. The first-order chi connectivity index (χ1) is 7.97. The zero-order valence-electron chi connectivity index (χ0n) is 10.6. The predicted molar refractivity (Wildman–Crippen MR) is 71.8 cm³/mol. The first-order valence-corrected chi connectivity index (χ1v) is 5.64. The molecule has 2 heterocycles. The van der Waals surface area contributed by atoms with E-state index >= 15 is 0 Å². The summed E-state index contributed by atoms with van der Waals surface area (Å²) in [5.74, 6) is 0.877. The van der Waals surface area contributed by atoms with Crippen molar-refractivity contribution in [2.75, 3.05) is 0 Å². The summed E-state index contributed by atoms with van der Waals surface area (Å²) in [6.07, 6.45) is 0.802. The molecule has 17 heavy (non-hydrogen) atoms. The van der Waals surface area contributed by atoms with Gasteiger partial charge >= 0.3 is 0 Å². The van der Waals surface area contributed by atoms with Crippen LogP contribution >= 0.6 is 0 Å². The fraction of sp³-hybridized carbons (Fsp3) is 0.286. The van der Waals surface area contributed by atoms with Gasteiger partial charge in [0.25, 0.3) is 0 Å². The molecule has 0 aliphatic carbocycles. The van der Waals surface area contributed by atoms with E-state index in [-0.39, 0.29) is 0 Å². The summed E-state index contributed by atoms with van der Waals surface area (Å²) in [5.41, 5.74) is 5.95. The third-order valence-corrected chi connectivity index (χ3v) is 2.60. The minimum absolute atomic E-state index is 0.764. The lowest BCUT2D eigenvalue weighted by atomic mass is 10.0. The molecule has 2 aromatic rings. The molecule has 88 valence electrons. The van der Waals surface area contributed by atoms with Crippen molar-refractivity contribution in [3.63, 3.8) is 0 Å². The SMILES string of the molecule is C=C(C)CC(=C)c1cc(C)nc2nc(C)[nH]c12. The molecule has 2 rings (SSSR count). The highest BCUT2D eigenvalue weighted by molar-refractivity contribution is 5.87. The van der Waals surface area contributed by atoms with Gasteiger partial charge in [-0.25, -0.2) is 9.97 Å². The Morgan fingerprint density at radius 3 is 2.65 bits per heavy atom. The third kappa shape index (κ3) is 2.28. The summed E-state index contributed by atoms with van der Waals surface area (Å²) in [4.78, 5) is 12.0. The van der Waals surface area contributed by atoms with E-state index in [4.69, 9.17) is 0 Å². The van der Waals surface area contributed by atoms with Crippen LogP contribution in [-0.4, -0.2) is 15.0 Å². The van der Waals surface area contributed by atoms with Crippen molar-refractivity contribution >= 4 is 16.7 Å². The van der Waals surface area contributed by atoms with Gasteiger partial charge in [0.1, 0.15) is 5.82 Å². The van der Waals surface area contributed by atoms with Crippen molar-refractivity contribution < 1.29 is 0 Å². The lowest BCUT2D eigenvalue weighted by molar-refractivity contribution is 1.15. The van der Waals surface area contributed by atoms with Crippen molar-refractivity contribution in [3.05, 3.63) is 41.9 Å². The molecule has 0 atom stereocenters. The Hall–Kier alpha value is -1.90. The zero-order valence-corrected chi connectivity index (χ0v) is 10.6. The van der Waals surface area contributed by atoms with Gasteiger partial charge < -0.3 is 4.98 Å². The first kappa shape index (κ1) is 11.6. The number of imidazole rings is 1. The van der Waals surface area contributed by atoms with E-state index in [9.17, 15) is 0 Å². The maximum Gasteiger partial charge on any atom is 0.178 e. The van der Waals surface area contributed by atoms with Crippen LogP contribution in [0.4, 0.5) is 0 Å². The van der Waals surface area contributed by atoms with Gasteiger partial charge in [0.15, 0.2) is 5.65 Å². The summed E-state index contributed by atoms with van der Waals surface area (Å²) in [7, 11) is 0. The standard InChI is InChI=1S/C14H17N3/c1-8(2)6-9(3)12-7-10(4)15-14-13(12)16-11(5)17-14/h7H,1,3,6H2,2,4-5H3,(H,15,16,17). The quantitative estimate of drug-likeness (QED) is 0.815. The Bertz CT molecular complexity index is 605. The second-order valence-corrected chi connectivity index (χ2v) is 4.57. The van der Waals surface area contributed by atoms with Gasteiger partial charge in [-0.05, 0) is 38.8 Å². The van der Waals surface area contributed by atoms with Crippen molar-refractivity contribution in [1.82, 2.24) is 15.0 Å². The Morgan fingerprint density at radius 1 is 1.29 bits per heavy atom. The maximum absolute atomic E-state index is 4.41. The molecule has 3 heteroatoms. The molecule has 0 saturated carbocycles. The van der Waals surface area contributed by atoms with E-state index in [0.717, 1.165) is 45.8 Å². The number of rotatable bonds is 3. The van der Waals surface area contributed by atoms with Gasteiger partial charge in [-0.15, -0.1) is 0 Å². The molecule has 0 amide bonds. The number of H-pyrrole nitrogens is 1. The van der Waals surface area contributed by atoms with E-state index in [1.54, 1.807) is 0 Å². The number of aromatic nitrogens is 3. The van der Waals surface area contributed by atoms with Crippen LogP contribution in [0, 0.1) is 13.8 Å². The topological polar surface area (TPSA) is 41.6 Å². The average Bonchev–Trinajstić information content (AvgIpc) is 2.55. The van der Waals surface area contributed by atoms with Crippen LogP contribution < -0.4 is 0 Å². The summed E-state index contributed by atoms with van der Waals surface area (Å²) >= 11 is 0. The molecular weight excluding hydrogens is 210 g/mol. The molecule has 0 aliphatic heterocycles. The Balaban J connectivity index is 2.59. The normalized spacial score (nSPS) is 10.8. The van der Waals surface area contributed by atoms with Crippen LogP contribution in [0.1, 0.15) is 30.4 Å². The average molecular weight is 227 g/mol. The zero-order chi connectivity index (χ0) is 12.6. The van der Waals surface area contributed by atoms with E-state index in [2.05, 4.69) is 28.1 Å². The van der Waals surface area contributed by atoms with Crippen molar-refractivity contribution in [2.24, 2.45) is 0 Å². The highest BCUT2D eigenvalue weighted by Gasteiger charge is 2.10. The van der Waals surface area contributed by atoms with Gasteiger partial charge in [-0.3, -0.25) is 0 Å². The molecule has 0 bridgehead atoms. The number of aromatic amines is 1. The van der Waals surface area contributed by atoms with E-state index in [1.165, 1.54) is 0 Å². The van der Waals surface area contributed by atoms with Crippen molar-refractivity contribution in [3.8, 4) is 0 Å². The molecule has 0 radical (unpaired) electrons. The van der Waals surface area contributed by atoms with Crippen LogP contribution in [-0.2, 0) is 0 Å². The molecular formula is C14H17N3. The molecule has 0 saturated heterocycles. The molecule has 0 aliphatic rings. The summed E-state index contributed by atoms with van der Waals surface area (Å²) in [5, 5.41) is 0. The van der Waals surface area contributed by atoms with Gasteiger partial charge in [0.2, 0.25) is 0 Å². The van der Waals surface area contributed by atoms with E-state index in [0.29, 0.717) is 0 Å². The van der Waals surface area contributed by atoms with Gasteiger partial charge in [-0.2, -0.15) is 0 Å². The number of nitrogens with one attached hydrogen (secondary N) is 1. The molecule has 0 fully saturated rings. The number of hydrogen-bond donors (Lipinski definition) is 1. The number of hydrogen-bond acceptors (Lipinski definition) is 2. The molecule has 0 spiro atoms. The van der Waals surface area contributed by atoms with Crippen molar-refractivity contribution in [2.45, 2.75) is 27.2 Å². The maximum atomic E-state index is 4.41. The molecule has 0 aromatic carbocycles. The van der Waals surface area contributed by atoms with Gasteiger partial charge in [-0.1, -0.05) is 18.7 Å². The largest absolute Gasteiger partial charge is 0.340 e. The van der Waals surface area contributed by atoms with Gasteiger partial charge in [0.05, 0.1) is 5.52 Å². The molecule has 0 unspecified atom stereocenters. The number of allylic oxidation sites excluding steroid dienone is 2. The van der Waals surface area contributed by atoms with Crippen LogP contribution in [0.3, 0.4) is 0 Å². The van der Waals surface area contributed by atoms with Crippen LogP contribution in [0.2, 0.25) is 0 Å². The molecule has 3 nitrogen and oxygen atoms in total. The van der Waals surface area contributed by atoms with Crippen LogP contribution in [0.15, 0.2) is 24.8 Å². The second-order valence-electron chi connectivity index (χ2n) is 4.57. The Labute approximate surface area is 101 Å². The monoisotopic (exact) mass is 227 g/mol. The molecule has 2 aromatic heterocycles. The number of pyridine rings is 1. The summed E-state index contributed by atoms with van der Waals surface area (Å²) < 4.78 is 0. The van der Waals surface area contributed by atoms with E-state index < -0.39 is 0 Å². The van der Waals surface area contributed by atoms with E-state index in [1.807, 2.05) is 26.8 Å². The van der Waals surface area contributed by atoms with Crippen LogP contribution in [0.25, 0.3) is 16.7 Å². The van der Waals surface area contributed by atoms with Crippen molar-refractivity contribution in [1.29, 1.82) is 0 Å². The minimum Gasteiger partial charge on any atom is -0.340 e. The fourth-order valence-electron chi connectivity index (χ4n) is 1.97. The third-order valence-electron chi connectivity index (χ3n) is 2.60. The number of nitrogens with zero attached hydrogens (tertiary/aromatic N) is 2. The second kappa shape index (κ2) is 4.17. The minimum atomic E-state index is 0.764. The lowest BCUT2D eigenvalue weighted by Crippen LogP contribution is -1.91.